The summed E-state index contributed by atoms with van der Waals surface area (Å²) < 4.78 is 46.5. The van der Waals surface area contributed by atoms with Crippen molar-refractivity contribution in [2.24, 2.45) is 0 Å². The zero-order valence-electron chi connectivity index (χ0n) is 20.8. The van der Waals surface area contributed by atoms with Crippen molar-refractivity contribution in [3.05, 3.63) is 70.8 Å². The number of halogens is 3. The van der Waals surface area contributed by atoms with E-state index in [9.17, 15) is 22.8 Å². The maximum Gasteiger partial charge on any atom is 0.416 e. The summed E-state index contributed by atoms with van der Waals surface area (Å²) in [5.74, 6) is -0.569. The van der Waals surface area contributed by atoms with Gasteiger partial charge in [-0.25, -0.2) is 4.89 Å². The van der Waals surface area contributed by atoms with Gasteiger partial charge in [-0.15, -0.1) is 0 Å². The van der Waals surface area contributed by atoms with E-state index in [4.69, 9.17) is 9.99 Å². The molecule has 2 aromatic carbocycles. The van der Waals surface area contributed by atoms with Crippen molar-refractivity contribution >= 4 is 11.8 Å². The third-order valence-corrected chi connectivity index (χ3v) is 7.50. The van der Waals surface area contributed by atoms with Crippen LogP contribution in [-0.4, -0.2) is 47.3 Å². The van der Waals surface area contributed by atoms with E-state index in [-0.39, 0.29) is 19.1 Å². The number of ether oxygens (including phenoxy) is 1. The van der Waals surface area contributed by atoms with Gasteiger partial charge in [0.1, 0.15) is 0 Å². The van der Waals surface area contributed by atoms with Crippen molar-refractivity contribution < 1.29 is 37.6 Å². The Morgan fingerprint density at radius 1 is 1.16 bits per heavy atom. The van der Waals surface area contributed by atoms with Crippen LogP contribution in [0.5, 0.6) is 0 Å². The van der Waals surface area contributed by atoms with Gasteiger partial charge in [0.2, 0.25) is 5.91 Å². The van der Waals surface area contributed by atoms with E-state index in [0.29, 0.717) is 36.8 Å². The van der Waals surface area contributed by atoms with Crippen LogP contribution in [0.1, 0.15) is 61.0 Å². The topological polar surface area (TPSA) is 88.1 Å². The molecule has 0 aromatic heterocycles. The van der Waals surface area contributed by atoms with Crippen LogP contribution in [0.4, 0.5) is 13.2 Å². The highest BCUT2D eigenvalue weighted by Crippen LogP contribution is 2.45. The molecule has 2 heterocycles. The van der Waals surface area contributed by atoms with Gasteiger partial charge in [-0.1, -0.05) is 42.0 Å². The molecule has 0 unspecified atom stereocenters. The minimum atomic E-state index is -4.48. The number of aryl methyl sites for hydroxylation is 1. The fourth-order valence-electron chi connectivity index (χ4n) is 5.51. The standard InChI is InChI=1S/C27H31F3N2O5/c1-18-12-20(14-22(13-18)27(28,29)30)19(2)36-17-26(21-6-4-3-5-7-21)11-10-25(9-8-23(33)31-25)16-32(26)24(34)15-37-35/h3-7,12-14,19,35H,8-11,15-17H2,1-2H3,(H,31,33)/t19-,25-,26-/m1/s1. The van der Waals surface area contributed by atoms with Gasteiger partial charge >= 0.3 is 6.18 Å². The number of amides is 2. The molecule has 4 rings (SSSR count). The molecule has 2 aliphatic heterocycles. The van der Waals surface area contributed by atoms with Crippen LogP contribution >= 0.6 is 0 Å². The van der Waals surface area contributed by atoms with Gasteiger partial charge in [0, 0.05) is 13.0 Å². The van der Waals surface area contributed by atoms with Crippen LogP contribution in [0.25, 0.3) is 0 Å². The lowest BCUT2D eigenvalue weighted by Gasteiger charge is -2.53. The van der Waals surface area contributed by atoms with Gasteiger partial charge in [0.15, 0.2) is 6.61 Å². The van der Waals surface area contributed by atoms with Crippen LogP contribution in [-0.2, 0) is 30.9 Å². The fraction of sp³-hybridized carbons (Fsp3) is 0.481. The van der Waals surface area contributed by atoms with E-state index >= 15 is 0 Å². The first-order chi connectivity index (χ1) is 17.5. The molecule has 2 aromatic rings. The lowest BCUT2D eigenvalue weighted by Crippen LogP contribution is -2.65. The van der Waals surface area contributed by atoms with Gasteiger partial charge in [0.05, 0.1) is 29.4 Å². The van der Waals surface area contributed by atoms with E-state index in [1.54, 1.807) is 24.8 Å². The highest BCUT2D eigenvalue weighted by atomic mass is 19.4. The number of nitrogens with one attached hydrogen (secondary N) is 1. The predicted octanol–water partition coefficient (Wildman–Crippen LogP) is 4.75. The highest BCUT2D eigenvalue weighted by Gasteiger charge is 2.53. The third-order valence-electron chi connectivity index (χ3n) is 7.50. The molecule has 0 radical (unpaired) electrons. The molecule has 1 spiro atoms. The van der Waals surface area contributed by atoms with E-state index < -0.39 is 41.4 Å². The maximum absolute atomic E-state index is 13.4. The highest BCUT2D eigenvalue weighted by molar-refractivity contribution is 5.81. The first kappa shape index (κ1) is 27.1. The lowest BCUT2D eigenvalue weighted by atomic mass is 9.74. The monoisotopic (exact) mass is 520 g/mol. The number of hydrogen-bond donors (Lipinski definition) is 2. The second-order valence-corrected chi connectivity index (χ2v) is 10.1. The van der Waals surface area contributed by atoms with Crippen molar-refractivity contribution in [2.45, 2.75) is 62.9 Å². The smallest absolute Gasteiger partial charge is 0.371 e. The molecular weight excluding hydrogens is 489 g/mol. The molecule has 0 saturated carbocycles. The quantitative estimate of drug-likeness (QED) is 0.407. The van der Waals surface area contributed by atoms with Crippen molar-refractivity contribution in [1.82, 2.24) is 10.2 Å². The zero-order chi connectivity index (χ0) is 26.8. The van der Waals surface area contributed by atoms with Crippen LogP contribution in [0.2, 0.25) is 0 Å². The number of nitrogens with zero attached hydrogens (tertiary/aromatic N) is 1. The number of alkyl halides is 3. The van der Waals surface area contributed by atoms with Gasteiger partial charge < -0.3 is 15.0 Å². The van der Waals surface area contributed by atoms with E-state index in [0.717, 1.165) is 17.7 Å². The molecule has 10 heteroatoms. The Hall–Kier alpha value is -2.95. The van der Waals surface area contributed by atoms with E-state index in [2.05, 4.69) is 10.2 Å². The number of benzene rings is 2. The number of piperidine rings is 1. The zero-order valence-corrected chi connectivity index (χ0v) is 20.8. The van der Waals surface area contributed by atoms with Gasteiger partial charge in [-0.2, -0.15) is 13.2 Å². The van der Waals surface area contributed by atoms with E-state index in [1.165, 1.54) is 0 Å². The first-order valence-electron chi connectivity index (χ1n) is 12.2. The number of carbonyl (C=O) groups excluding carboxylic acids is 2. The molecule has 7 nitrogen and oxygen atoms in total. The molecule has 37 heavy (non-hydrogen) atoms. The number of hydrogen-bond acceptors (Lipinski definition) is 5. The average Bonchev–Trinajstić information content (AvgIpc) is 3.22. The Labute approximate surface area is 213 Å². The summed E-state index contributed by atoms with van der Waals surface area (Å²) in [6.45, 7) is 2.88. The summed E-state index contributed by atoms with van der Waals surface area (Å²) in [5.41, 5.74) is -0.698. The summed E-state index contributed by atoms with van der Waals surface area (Å²) in [7, 11) is 0. The summed E-state index contributed by atoms with van der Waals surface area (Å²) in [4.78, 5) is 31.1. The van der Waals surface area contributed by atoms with Crippen molar-refractivity contribution in [3.8, 4) is 0 Å². The number of carbonyl (C=O) groups is 2. The van der Waals surface area contributed by atoms with Gasteiger partial charge in [-0.05, 0) is 56.4 Å². The molecule has 2 fully saturated rings. The lowest BCUT2D eigenvalue weighted by molar-refractivity contribution is -0.244. The Bertz CT molecular complexity index is 1140. The molecule has 2 aliphatic rings. The minimum absolute atomic E-state index is 0.00529. The second kappa shape index (κ2) is 10.4. The SMILES string of the molecule is Cc1cc([C@@H](C)OC[C@@]2(c3ccccc3)CC[C@]3(CCC(=O)N3)CN2C(=O)COO)cc(C(F)(F)F)c1. The average molecular weight is 521 g/mol. The van der Waals surface area contributed by atoms with E-state index in [1.807, 2.05) is 30.3 Å². The van der Waals surface area contributed by atoms with Crippen LogP contribution in [0, 0.1) is 6.92 Å². The first-order valence-corrected chi connectivity index (χ1v) is 12.2. The van der Waals surface area contributed by atoms with Crippen LogP contribution in [0.15, 0.2) is 48.5 Å². The normalized spacial score (nSPS) is 24.8. The summed E-state index contributed by atoms with van der Waals surface area (Å²) >= 11 is 0. The molecular formula is C27H31F3N2O5. The van der Waals surface area contributed by atoms with Crippen LogP contribution in [0.3, 0.4) is 0 Å². The molecule has 2 saturated heterocycles. The maximum atomic E-state index is 13.4. The number of rotatable bonds is 7. The van der Waals surface area contributed by atoms with Crippen LogP contribution < -0.4 is 5.32 Å². The molecule has 0 aliphatic carbocycles. The predicted molar refractivity (Wildman–Crippen MR) is 128 cm³/mol. The molecule has 0 bridgehead atoms. The largest absolute Gasteiger partial charge is 0.416 e. The summed E-state index contributed by atoms with van der Waals surface area (Å²) in [6, 6.07) is 13.1. The Morgan fingerprint density at radius 3 is 2.51 bits per heavy atom. The summed E-state index contributed by atoms with van der Waals surface area (Å²) in [6.07, 6.45) is -3.24. The minimum Gasteiger partial charge on any atom is -0.371 e. The third kappa shape index (κ3) is 5.66. The van der Waals surface area contributed by atoms with Gasteiger partial charge in [0.25, 0.3) is 5.91 Å². The number of likely N-dealkylation sites (tertiary alicyclic amines) is 1. The molecule has 2 amide bonds. The second-order valence-electron chi connectivity index (χ2n) is 10.1. The Kier molecular flexibility index (Phi) is 7.64. The van der Waals surface area contributed by atoms with Crippen molar-refractivity contribution in [2.75, 3.05) is 19.8 Å². The Balaban J connectivity index is 1.68. The molecule has 200 valence electrons. The van der Waals surface area contributed by atoms with Crippen molar-refractivity contribution in [3.63, 3.8) is 0 Å². The summed E-state index contributed by atoms with van der Waals surface area (Å²) in [5, 5.41) is 12.1. The van der Waals surface area contributed by atoms with Gasteiger partial charge in [-0.3, -0.25) is 14.8 Å². The molecule has 2 N–H and O–H groups in total. The Morgan fingerprint density at radius 2 is 1.89 bits per heavy atom. The molecule has 3 atom stereocenters. The fourth-order valence-corrected chi connectivity index (χ4v) is 5.51. The van der Waals surface area contributed by atoms with Crippen molar-refractivity contribution in [1.29, 1.82) is 0 Å².